The molecule has 4 atom stereocenters. The van der Waals surface area contributed by atoms with E-state index in [0.29, 0.717) is 0 Å². The fourth-order valence-electron chi connectivity index (χ4n) is 2.67. The van der Waals surface area contributed by atoms with Crippen molar-refractivity contribution in [1.82, 2.24) is 0 Å². The number of carbonyl (C=O) groups excluding carboxylic acids is 2. The summed E-state index contributed by atoms with van der Waals surface area (Å²) in [7, 11) is 0. The highest BCUT2D eigenvalue weighted by molar-refractivity contribution is 5.89. The molecule has 2 aliphatic heterocycles. The zero-order valence-electron chi connectivity index (χ0n) is 14.8. The maximum atomic E-state index is 11.6. The van der Waals surface area contributed by atoms with E-state index in [9.17, 15) is 30.0 Å². The third-order valence-electron chi connectivity index (χ3n) is 3.82. The summed E-state index contributed by atoms with van der Waals surface area (Å²) in [5.41, 5.74) is 0. The molecule has 0 aromatic rings. The number of esters is 2. The van der Waals surface area contributed by atoms with Crippen LogP contribution in [0.25, 0.3) is 0 Å². The quantitative estimate of drug-likeness (QED) is 0.345. The highest BCUT2D eigenvalue weighted by atomic mass is 16.6. The molecule has 152 valence electrons. The number of rotatable bonds is 10. The lowest BCUT2D eigenvalue weighted by molar-refractivity contribution is -0.172. The van der Waals surface area contributed by atoms with Crippen LogP contribution in [-0.4, -0.2) is 83.2 Å². The summed E-state index contributed by atoms with van der Waals surface area (Å²) in [6.45, 7) is 2.09. The Balaban J connectivity index is 2.21. The highest BCUT2D eigenvalue weighted by Crippen LogP contribution is 2.30. The number of carbonyl (C=O) groups is 2. The van der Waals surface area contributed by atoms with Gasteiger partial charge in [0.2, 0.25) is 11.5 Å². The van der Waals surface area contributed by atoms with Crippen LogP contribution >= 0.6 is 0 Å². The number of cyclic esters (lactones) is 2. The highest BCUT2D eigenvalue weighted by Gasteiger charge is 2.46. The van der Waals surface area contributed by atoms with Crippen molar-refractivity contribution in [1.29, 1.82) is 0 Å². The van der Waals surface area contributed by atoms with Crippen molar-refractivity contribution in [2.45, 2.75) is 38.3 Å². The second-order valence-corrected chi connectivity index (χ2v) is 5.52. The molecule has 2 rings (SSSR count). The third-order valence-corrected chi connectivity index (χ3v) is 3.82. The molecule has 4 N–H and O–H groups in total. The molecule has 11 nitrogen and oxygen atoms in total. The SMILES string of the molecule is CCOC1=C(O)C(=O)O[C@@H]1[C@H](CO)O[C@@H](CO)[C@H]1OC(=O)C(O)=C1OCC. The Morgan fingerprint density at radius 1 is 0.852 bits per heavy atom. The van der Waals surface area contributed by atoms with Crippen LogP contribution in [0.4, 0.5) is 0 Å². The van der Waals surface area contributed by atoms with E-state index >= 15 is 0 Å². The lowest BCUT2D eigenvalue weighted by Gasteiger charge is -2.29. The van der Waals surface area contributed by atoms with Crippen LogP contribution in [-0.2, 0) is 33.3 Å². The summed E-state index contributed by atoms with van der Waals surface area (Å²) in [5, 5.41) is 38.8. The third kappa shape index (κ3) is 4.10. The van der Waals surface area contributed by atoms with E-state index in [1.165, 1.54) is 0 Å². The average Bonchev–Trinajstić information content (AvgIpc) is 3.09. The minimum absolute atomic E-state index is 0.111. The Bertz CT molecular complexity index is 584. The minimum atomic E-state index is -1.28. The van der Waals surface area contributed by atoms with Crippen molar-refractivity contribution in [3.63, 3.8) is 0 Å². The van der Waals surface area contributed by atoms with Gasteiger partial charge in [0.05, 0.1) is 26.4 Å². The number of hydrogen-bond donors (Lipinski definition) is 4. The van der Waals surface area contributed by atoms with Crippen molar-refractivity contribution >= 4 is 11.9 Å². The molecule has 0 bridgehead atoms. The Morgan fingerprint density at radius 2 is 1.22 bits per heavy atom. The lowest BCUT2D eigenvalue weighted by Crippen LogP contribution is -2.44. The molecule has 0 fully saturated rings. The molecule has 0 aromatic carbocycles. The van der Waals surface area contributed by atoms with Crippen molar-refractivity contribution < 1.29 is 53.7 Å². The molecule has 0 aliphatic carbocycles. The van der Waals surface area contributed by atoms with Gasteiger partial charge in [0.25, 0.3) is 0 Å². The summed E-state index contributed by atoms with van der Waals surface area (Å²) < 4.78 is 25.9. The molecule has 0 saturated heterocycles. The second-order valence-electron chi connectivity index (χ2n) is 5.52. The number of ether oxygens (including phenoxy) is 5. The van der Waals surface area contributed by atoms with E-state index in [1.54, 1.807) is 13.8 Å². The van der Waals surface area contributed by atoms with Crippen molar-refractivity contribution in [3.05, 3.63) is 23.0 Å². The van der Waals surface area contributed by atoms with Crippen molar-refractivity contribution in [2.75, 3.05) is 26.4 Å². The topological polar surface area (TPSA) is 161 Å². The zero-order chi connectivity index (χ0) is 20.1. The van der Waals surface area contributed by atoms with E-state index in [4.69, 9.17) is 23.7 Å². The predicted molar refractivity (Wildman–Crippen MR) is 85.2 cm³/mol. The first-order valence-corrected chi connectivity index (χ1v) is 8.30. The van der Waals surface area contributed by atoms with E-state index in [0.717, 1.165) is 0 Å². The number of aliphatic hydroxyl groups is 4. The first-order valence-electron chi connectivity index (χ1n) is 8.30. The molecule has 0 amide bonds. The molecule has 11 heteroatoms. The van der Waals surface area contributed by atoms with Gasteiger partial charge in [-0.3, -0.25) is 0 Å². The zero-order valence-corrected chi connectivity index (χ0v) is 14.8. The van der Waals surface area contributed by atoms with Gasteiger partial charge in [-0.05, 0) is 13.8 Å². The van der Waals surface area contributed by atoms with Gasteiger partial charge in [0, 0.05) is 0 Å². The fourth-order valence-corrected chi connectivity index (χ4v) is 2.67. The normalized spacial score (nSPS) is 24.7. The molecule has 0 saturated carbocycles. The van der Waals surface area contributed by atoms with Crippen LogP contribution in [0.3, 0.4) is 0 Å². The molecule has 0 spiro atoms. The number of hydrogen-bond acceptors (Lipinski definition) is 11. The monoisotopic (exact) mass is 390 g/mol. The maximum absolute atomic E-state index is 11.6. The average molecular weight is 390 g/mol. The Morgan fingerprint density at radius 3 is 1.52 bits per heavy atom. The predicted octanol–water partition coefficient (Wildman–Crippen LogP) is -0.812. The smallest absolute Gasteiger partial charge is 0.378 e. The van der Waals surface area contributed by atoms with Crippen molar-refractivity contribution in [2.24, 2.45) is 0 Å². The fraction of sp³-hybridized carbons (Fsp3) is 0.625. The van der Waals surface area contributed by atoms with Gasteiger partial charge < -0.3 is 44.1 Å². The first kappa shape index (κ1) is 20.8. The van der Waals surface area contributed by atoms with Gasteiger partial charge >= 0.3 is 11.9 Å². The van der Waals surface area contributed by atoms with Crippen LogP contribution in [0, 0.1) is 0 Å². The van der Waals surface area contributed by atoms with Crippen LogP contribution in [0.2, 0.25) is 0 Å². The molecule has 2 aliphatic rings. The molecule has 27 heavy (non-hydrogen) atoms. The Hall–Kier alpha value is -2.50. The largest absolute Gasteiger partial charge is 0.499 e. The van der Waals surface area contributed by atoms with E-state index in [-0.39, 0.29) is 24.7 Å². The van der Waals surface area contributed by atoms with Crippen LogP contribution < -0.4 is 0 Å². The molecule has 0 aromatic heterocycles. The van der Waals surface area contributed by atoms with Gasteiger partial charge in [-0.1, -0.05) is 0 Å². The minimum Gasteiger partial charge on any atom is -0.499 e. The lowest BCUT2D eigenvalue weighted by atomic mass is 10.1. The van der Waals surface area contributed by atoms with Gasteiger partial charge in [-0.15, -0.1) is 0 Å². The van der Waals surface area contributed by atoms with E-state index in [1.807, 2.05) is 0 Å². The van der Waals surface area contributed by atoms with Gasteiger partial charge in [0.1, 0.15) is 12.2 Å². The summed E-state index contributed by atoms with van der Waals surface area (Å²) in [6.07, 6.45) is -5.08. The van der Waals surface area contributed by atoms with Crippen LogP contribution in [0.1, 0.15) is 13.8 Å². The number of aliphatic hydroxyl groups excluding tert-OH is 4. The summed E-state index contributed by atoms with van der Waals surface area (Å²) >= 11 is 0. The van der Waals surface area contributed by atoms with Crippen molar-refractivity contribution in [3.8, 4) is 0 Å². The van der Waals surface area contributed by atoms with E-state index < -0.39 is 61.1 Å². The maximum Gasteiger partial charge on any atom is 0.378 e. The van der Waals surface area contributed by atoms with E-state index in [2.05, 4.69) is 0 Å². The van der Waals surface area contributed by atoms with Gasteiger partial charge in [0.15, 0.2) is 23.7 Å². The molecule has 0 unspecified atom stereocenters. The summed E-state index contributed by atoms with van der Waals surface area (Å²) in [4.78, 5) is 23.2. The second kappa shape index (κ2) is 8.93. The van der Waals surface area contributed by atoms with Gasteiger partial charge in [-0.2, -0.15) is 0 Å². The van der Waals surface area contributed by atoms with Crippen LogP contribution in [0.15, 0.2) is 23.0 Å². The summed E-state index contributed by atoms with van der Waals surface area (Å²) in [5.74, 6) is -4.03. The summed E-state index contributed by atoms with van der Waals surface area (Å²) in [6, 6.07) is 0. The Kier molecular flexibility index (Phi) is 6.88. The molecular weight excluding hydrogens is 368 g/mol. The molecule has 0 radical (unpaired) electrons. The molecule has 2 heterocycles. The standard InChI is InChI=1S/C16H22O11/c1-3-23-13-9(19)15(21)26-11(13)7(5-17)25-8(6-18)12-14(24-4-2)10(20)16(22)27-12/h7-8,11-12,17-20H,3-6H2,1-2H3/t7-,8-,11+,12+/m0/s1. The Labute approximate surface area is 154 Å². The van der Waals surface area contributed by atoms with Crippen LogP contribution in [0.5, 0.6) is 0 Å². The first-order chi connectivity index (χ1) is 12.9. The molecular formula is C16H22O11. The van der Waals surface area contributed by atoms with Gasteiger partial charge in [-0.25, -0.2) is 9.59 Å².